The van der Waals surface area contributed by atoms with Crippen LogP contribution in [0.15, 0.2) is 47.5 Å². The standard InChI is InChI=1S/C14H17N3O4S/c1-11(2)16(14-9-6-10-15(14)3)22(20,21)13-8-5-4-7-12(13)17(18)19/h4-11H,1-3H3. The third-order valence-corrected chi connectivity index (χ3v) is 5.24. The van der Waals surface area contributed by atoms with E-state index in [-0.39, 0.29) is 4.90 Å². The number of rotatable bonds is 5. The van der Waals surface area contributed by atoms with E-state index in [0.29, 0.717) is 5.82 Å². The third-order valence-electron chi connectivity index (χ3n) is 3.21. The number of benzene rings is 1. The maximum atomic E-state index is 13.0. The Morgan fingerprint density at radius 3 is 2.32 bits per heavy atom. The Balaban J connectivity index is 2.67. The van der Waals surface area contributed by atoms with E-state index in [0.717, 1.165) is 0 Å². The third kappa shape index (κ3) is 2.69. The zero-order valence-corrected chi connectivity index (χ0v) is 13.3. The lowest BCUT2D eigenvalue weighted by Gasteiger charge is -2.28. The van der Waals surface area contributed by atoms with E-state index < -0.39 is 26.7 Å². The van der Waals surface area contributed by atoms with Crippen molar-refractivity contribution in [2.75, 3.05) is 4.31 Å². The van der Waals surface area contributed by atoms with E-state index in [9.17, 15) is 18.5 Å². The number of anilines is 1. The van der Waals surface area contributed by atoms with Crippen LogP contribution < -0.4 is 4.31 Å². The largest absolute Gasteiger partial charge is 0.337 e. The molecule has 0 fully saturated rings. The predicted octanol–water partition coefficient (Wildman–Crippen LogP) is 2.54. The second-order valence-electron chi connectivity index (χ2n) is 5.10. The summed E-state index contributed by atoms with van der Waals surface area (Å²) in [6.45, 7) is 3.44. The molecule has 0 saturated carbocycles. The first kappa shape index (κ1) is 16.0. The number of aryl methyl sites for hydroxylation is 1. The van der Waals surface area contributed by atoms with Gasteiger partial charge in [-0.15, -0.1) is 0 Å². The summed E-state index contributed by atoms with van der Waals surface area (Å²) in [6, 6.07) is 8.36. The summed E-state index contributed by atoms with van der Waals surface area (Å²) < 4.78 is 28.8. The van der Waals surface area contributed by atoms with E-state index in [2.05, 4.69) is 0 Å². The van der Waals surface area contributed by atoms with Crippen molar-refractivity contribution >= 4 is 21.5 Å². The SMILES string of the molecule is CC(C)N(c1cccn1C)S(=O)(=O)c1ccccc1[N+](=O)[O-]. The quantitative estimate of drug-likeness (QED) is 0.625. The number of aromatic nitrogens is 1. The van der Waals surface area contributed by atoms with Crippen LogP contribution in [0.3, 0.4) is 0 Å². The summed E-state index contributed by atoms with van der Waals surface area (Å²) in [4.78, 5) is 10.1. The second-order valence-corrected chi connectivity index (χ2v) is 6.88. The molecule has 0 N–H and O–H groups in total. The molecule has 0 aliphatic carbocycles. The number of hydrogen-bond acceptors (Lipinski definition) is 4. The van der Waals surface area contributed by atoms with E-state index in [1.54, 1.807) is 43.8 Å². The van der Waals surface area contributed by atoms with Crippen molar-refractivity contribution in [3.63, 3.8) is 0 Å². The van der Waals surface area contributed by atoms with Crippen LogP contribution in [0.25, 0.3) is 0 Å². The summed E-state index contributed by atoms with van der Waals surface area (Å²) >= 11 is 0. The Kier molecular flexibility index (Phi) is 4.23. The Morgan fingerprint density at radius 1 is 1.18 bits per heavy atom. The minimum Gasteiger partial charge on any atom is -0.337 e. The molecule has 1 aromatic heterocycles. The lowest BCUT2D eigenvalue weighted by Crippen LogP contribution is -2.38. The molecule has 2 aromatic rings. The number of nitro benzene ring substituents is 1. The highest BCUT2D eigenvalue weighted by Gasteiger charge is 2.34. The van der Waals surface area contributed by atoms with E-state index >= 15 is 0 Å². The van der Waals surface area contributed by atoms with Gasteiger partial charge in [-0.05, 0) is 32.0 Å². The van der Waals surface area contributed by atoms with Crippen LogP contribution >= 0.6 is 0 Å². The fourth-order valence-electron chi connectivity index (χ4n) is 2.28. The first-order chi connectivity index (χ1) is 10.3. The highest BCUT2D eigenvalue weighted by molar-refractivity contribution is 7.93. The Labute approximate surface area is 129 Å². The van der Waals surface area contributed by atoms with Crippen LogP contribution in [-0.4, -0.2) is 24.0 Å². The molecule has 22 heavy (non-hydrogen) atoms. The number of hydrogen-bond donors (Lipinski definition) is 0. The molecular weight excluding hydrogens is 306 g/mol. The smallest absolute Gasteiger partial charge is 0.289 e. The number of nitrogens with zero attached hydrogens (tertiary/aromatic N) is 3. The van der Waals surface area contributed by atoms with Gasteiger partial charge >= 0.3 is 0 Å². The van der Waals surface area contributed by atoms with E-state index in [1.807, 2.05) is 0 Å². The van der Waals surface area contributed by atoms with Crippen molar-refractivity contribution in [2.45, 2.75) is 24.8 Å². The van der Waals surface area contributed by atoms with Gasteiger partial charge in [-0.1, -0.05) is 12.1 Å². The number of para-hydroxylation sites is 1. The average molecular weight is 323 g/mol. The van der Waals surface area contributed by atoms with Crippen molar-refractivity contribution < 1.29 is 13.3 Å². The van der Waals surface area contributed by atoms with Crippen molar-refractivity contribution in [1.82, 2.24) is 4.57 Å². The minimum absolute atomic E-state index is 0.310. The van der Waals surface area contributed by atoms with Crippen molar-refractivity contribution in [3.8, 4) is 0 Å². The first-order valence-corrected chi connectivity index (χ1v) is 8.10. The van der Waals surface area contributed by atoms with Crippen LogP contribution in [-0.2, 0) is 17.1 Å². The predicted molar refractivity (Wildman–Crippen MR) is 83.3 cm³/mol. The molecule has 1 heterocycles. The highest BCUT2D eigenvalue weighted by Crippen LogP contribution is 2.31. The molecule has 0 atom stereocenters. The molecule has 7 nitrogen and oxygen atoms in total. The van der Waals surface area contributed by atoms with Crippen molar-refractivity contribution in [3.05, 3.63) is 52.7 Å². The van der Waals surface area contributed by atoms with Crippen LogP contribution in [0.1, 0.15) is 13.8 Å². The first-order valence-electron chi connectivity index (χ1n) is 6.66. The fraction of sp³-hybridized carbons (Fsp3) is 0.286. The summed E-state index contributed by atoms with van der Waals surface area (Å²) in [5.41, 5.74) is -0.428. The normalized spacial score (nSPS) is 11.6. The van der Waals surface area contributed by atoms with Gasteiger partial charge in [0.25, 0.3) is 15.7 Å². The number of sulfonamides is 1. The van der Waals surface area contributed by atoms with Crippen molar-refractivity contribution in [2.24, 2.45) is 7.05 Å². The fourth-order valence-corrected chi connectivity index (χ4v) is 4.14. The van der Waals surface area contributed by atoms with E-state index in [1.165, 1.54) is 28.6 Å². The van der Waals surface area contributed by atoms with Crippen LogP contribution in [0.2, 0.25) is 0 Å². The van der Waals surface area contributed by atoms with Crippen LogP contribution in [0.4, 0.5) is 11.5 Å². The summed E-state index contributed by atoms with van der Waals surface area (Å²) in [6.07, 6.45) is 1.72. The molecule has 0 amide bonds. The van der Waals surface area contributed by atoms with Gasteiger partial charge in [-0.25, -0.2) is 12.7 Å². The molecule has 1 aromatic carbocycles. The minimum atomic E-state index is -4.05. The molecule has 0 bridgehead atoms. The maximum absolute atomic E-state index is 13.0. The Hall–Kier alpha value is -2.35. The van der Waals surface area contributed by atoms with Crippen LogP contribution in [0, 0.1) is 10.1 Å². The zero-order valence-electron chi connectivity index (χ0n) is 12.5. The van der Waals surface area contributed by atoms with Gasteiger partial charge in [0.2, 0.25) is 0 Å². The van der Waals surface area contributed by atoms with Gasteiger partial charge in [-0.3, -0.25) is 10.1 Å². The molecule has 8 heteroatoms. The summed E-state index contributed by atoms with van der Waals surface area (Å²) in [7, 11) is -2.33. The summed E-state index contributed by atoms with van der Waals surface area (Å²) in [5.74, 6) is 0.452. The van der Waals surface area contributed by atoms with Gasteiger partial charge in [0.15, 0.2) is 4.90 Å². The Bertz CT molecular complexity index is 796. The van der Waals surface area contributed by atoms with Crippen molar-refractivity contribution in [1.29, 1.82) is 0 Å². The van der Waals surface area contributed by atoms with Gasteiger partial charge < -0.3 is 4.57 Å². The Morgan fingerprint density at radius 2 is 1.82 bits per heavy atom. The maximum Gasteiger partial charge on any atom is 0.289 e. The molecule has 0 saturated heterocycles. The lowest BCUT2D eigenvalue weighted by molar-refractivity contribution is -0.387. The molecule has 0 spiro atoms. The molecule has 118 valence electrons. The molecule has 0 aliphatic heterocycles. The topological polar surface area (TPSA) is 85.5 Å². The van der Waals surface area contributed by atoms with E-state index in [4.69, 9.17) is 0 Å². The molecule has 0 unspecified atom stereocenters. The molecular formula is C14H17N3O4S. The zero-order chi connectivity index (χ0) is 16.5. The second kappa shape index (κ2) is 5.80. The van der Waals surface area contributed by atoms with Gasteiger partial charge in [-0.2, -0.15) is 0 Å². The molecule has 0 aliphatic rings. The number of nitro groups is 1. The average Bonchev–Trinajstić information content (AvgIpc) is 2.84. The molecule has 0 radical (unpaired) electrons. The van der Waals surface area contributed by atoms with Gasteiger partial charge in [0.1, 0.15) is 5.82 Å². The van der Waals surface area contributed by atoms with Gasteiger partial charge in [0.05, 0.1) is 4.92 Å². The summed E-state index contributed by atoms with van der Waals surface area (Å²) in [5, 5.41) is 11.1. The monoisotopic (exact) mass is 323 g/mol. The highest BCUT2D eigenvalue weighted by atomic mass is 32.2. The van der Waals surface area contributed by atoms with Gasteiger partial charge in [0, 0.05) is 25.4 Å². The lowest BCUT2D eigenvalue weighted by atomic mass is 10.3. The van der Waals surface area contributed by atoms with Crippen LogP contribution in [0.5, 0.6) is 0 Å². The molecule has 2 rings (SSSR count).